The number of hydrogen-bond acceptors (Lipinski definition) is 2. The van der Waals surface area contributed by atoms with Gasteiger partial charge in [0.25, 0.3) is 0 Å². The first kappa shape index (κ1) is 16.2. The number of ether oxygens (including phenoxy) is 1. The van der Waals surface area contributed by atoms with Crippen LogP contribution in [0.1, 0.15) is 71.6 Å². The van der Waals surface area contributed by atoms with Gasteiger partial charge in [0.1, 0.15) is 0 Å². The van der Waals surface area contributed by atoms with Crippen molar-refractivity contribution >= 4 is 5.97 Å². The minimum atomic E-state index is -0.810. The Labute approximate surface area is 117 Å². The second-order valence-electron chi connectivity index (χ2n) is 5.42. The highest BCUT2D eigenvalue weighted by atomic mass is 16.5. The summed E-state index contributed by atoms with van der Waals surface area (Å²) in [6.45, 7) is 3.55. The van der Waals surface area contributed by atoms with Gasteiger partial charge in [-0.1, -0.05) is 38.7 Å². The fourth-order valence-electron chi connectivity index (χ4n) is 2.80. The smallest absolute Gasteiger partial charge is 0.331 e. The van der Waals surface area contributed by atoms with Gasteiger partial charge in [-0.25, -0.2) is 4.79 Å². The molecule has 0 aromatic heterocycles. The first-order valence-corrected chi connectivity index (χ1v) is 7.71. The normalized spacial score (nSPS) is 21.3. The SMILES string of the molecule is C1CCC(OC2CCCC2)C1.CC=C(CC)C(=O)O. The third-order valence-electron chi connectivity index (χ3n) is 3.99. The molecule has 0 radical (unpaired) electrons. The van der Waals surface area contributed by atoms with E-state index in [0.717, 1.165) is 0 Å². The van der Waals surface area contributed by atoms with Crippen molar-refractivity contribution in [3.8, 4) is 0 Å². The van der Waals surface area contributed by atoms with E-state index in [0.29, 0.717) is 24.2 Å². The van der Waals surface area contributed by atoms with Crippen molar-refractivity contribution in [1.82, 2.24) is 0 Å². The third kappa shape index (κ3) is 6.24. The third-order valence-corrected chi connectivity index (χ3v) is 3.99. The molecule has 0 spiro atoms. The van der Waals surface area contributed by atoms with Gasteiger partial charge in [0.05, 0.1) is 12.2 Å². The van der Waals surface area contributed by atoms with Crippen LogP contribution < -0.4 is 0 Å². The highest BCUT2D eigenvalue weighted by Crippen LogP contribution is 2.28. The zero-order valence-corrected chi connectivity index (χ0v) is 12.4. The number of allylic oxidation sites excluding steroid dienone is 1. The molecule has 0 bridgehead atoms. The van der Waals surface area contributed by atoms with Crippen molar-refractivity contribution in [3.63, 3.8) is 0 Å². The van der Waals surface area contributed by atoms with E-state index in [1.165, 1.54) is 51.4 Å². The van der Waals surface area contributed by atoms with E-state index in [9.17, 15) is 4.79 Å². The maximum atomic E-state index is 10.1. The zero-order chi connectivity index (χ0) is 14.1. The molecule has 0 aliphatic heterocycles. The summed E-state index contributed by atoms with van der Waals surface area (Å²) in [6.07, 6.45) is 14.4. The first-order chi connectivity index (χ1) is 9.17. The van der Waals surface area contributed by atoms with Gasteiger partial charge in [0, 0.05) is 5.57 Å². The van der Waals surface area contributed by atoms with Gasteiger partial charge < -0.3 is 9.84 Å². The van der Waals surface area contributed by atoms with Gasteiger partial charge in [-0.2, -0.15) is 0 Å². The standard InChI is InChI=1S/C10H18O.C6H10O2/c1-2-6-9(5-1)11-10-7-3-4-8-10;1-3-5(4-2)6(7)8/h9-10H,1-8H2;3H,4H2,1-2H3,(H,7,8). The van der Waals surface area contributed by atoms with Gasteiger partial charge in [-0.3, -0.25) is 0 Å². The van der Waals surface area contributed by atoms with Crippen molar-refractivity contribution < 1.29 is 14.6 Å². The summed E-state index contributed by atoms with van der Waals surface area (Å²) < 4.78 is 5.97. The van der Waals surface area contributed by atoms with E-state index in [1.807, 2.05) is 6.92 Å². The van der Waals surface area contributed by atoms with Crippen molar-refractivity contribution in [2.45, 2.75) is 83.8 Å². The predicted molar refractivity (Wildman–Crippen MR) is 77.3 cm³/mol. The largest absolute Gasteiger partial charge is 0.478 e. The molecular weight excluding hydrogens is 240 g/mol. The Morgan fingerprint density at radius 3 is 1.74 bits per heavy atom. The molecule has 2 rings (SSSR count). The molecule has 2 aliphatic rings. The number of carboxylic acid groups (broad SMARTS) is 1. The summed E-state index contributed by atoms with van der Waals surface area (Å²) in [4.78, 5) is 10.1. The minimum absolute atomic E-state index is 0.477. The Kier molecular flexibility index (Phi) is 7.80. The minimum Gasteiger partial charge on any atom is -0.478 e. The van der Waals surface area contributed by atoms with Crippen LogP contribution in [-0.4, -0.2) is 23.3 Å². The summed E-state index contributed by atoms with van der Waals surface area (Å²) in [7, 11) is 0. The number of hydrogen-bond donors (Lipinski definition) is 1. The lowest BCUT2D eigenvalue weighted by Gasteiger charge is -2.16. The van der Waals surface area contributed by atoms with Gasteiger partial charge in [-0.15, -0.1) is 0 Å². The van der Waals surface area contributed by atoms with E-state index in [1.54, 1.807) is 13.0 Å². The number of rotatable bonds is 4. The second-order valence-corrected chi connectivity index (χ2v) is 5.42. The molecule has 1 N–H and O–H groups in total. The molecule has 0 atom stereocenters. The summed E-state index contributed by atoms with van der Waals surface area (Å²) >= 11 is 0. The highest BCUT2D eigenvalue weighted by Gasteiger charge is 2.22. The topological polar surface area (TPSA) is 46.5 Å². The number of carboxylic acids is 1. The Balaban J connectivity index is 0.000000203. The number of aliphatic carboxylic acids is 1. The maximum Gasteiger partial charge on any atom is 0.331 e. The molecule has 2 fully saturated rings. The van der Waals surface area contributed by atoms with Crippen LogP contribution in [0.2, 0.25) is 0 Å². The molecule has 0 unspecified atom stereocenters. The Hall–Kier alpha value is -0.830. The number of carbonyl (C=O) groups is 1. The molecule has 0 saturated heterocycles. The van der Waals surface area contributed by atoms with Crippen LogP contribution in [0.5, 0.6) is 0 Å². The zero-order valence-electron chi connectivity index (χ0n) is 12.4. The van der Waals surface area contributed by atoms with Crippen molar-refractivity contribution in [2.24, 2.45) is 0 Å². The molecule has 3 heteroatoms. The van der Waals surface area contributed by atoms with E-state index in [-0.39, 0.29) is 0 Å². The Morgan fingerprint density at radius 1 is 1.11 bits per heavy atom. The van der Waals surface area contributed by atoms with E-state index in [4.69, 9.17) is 9.84 Å². The lowest BCUT2D eigenvalue weighted by molar-refractivity contribution is -0.132. The van der Waals surface area contributed by atoms with Crippen LogP contribution in [0.15, 0.2) is 11.6 Å². The summed E-state index contributed by atoms with van der Waals surface area (Å²) in [5, 5.41) is 8.30. The van der Waals surface area contributed by atoms with Gasteiger partial charge >= 0.3 is 5.97 Å². The fourth-order valence-corrected chi connectivity index (χ4v) is 2.80. The van der Waals surface area contributed by atoms with Crippen molar-refractivity contribution in [2.75, 3.05) is 0 Å². The van der Waals surface area contributed by atoms with Crippen LogP contribution in [0.25, 0.3) is 0 Å². The fraction of sp³-hybridized carbons (Fsp3) is 0.812. The molecule has 110 valence electrons. The molecule has 2 aliphatic carbocycles. The Morgan fingerprint density at radius 2 is 1.53 bits per heavy atom. The maximum absolute atomic E-state index is 10.1. The van der Waals surface area contributed by atoms with Crippen LogP contribution >= 0.6 is 0 Å². The van der Waals surface area contributed by atoms with Crippen molar-refractivity contribution in [1.29, 1.82) is 0 Å². The second kappa shape index (κ2) is 9.13. The molecule has 0 aromatic carbocycles. The molecule has 2 saturated carbocycles. The lowest BCUT2D eigenvalue weighted by Crippen LogP contribution is -2.16. The van der Waals surface area contributed by atoms with Crippen molar-refractivity contribution in [3.05, 3.63) is 11.6 Å². The average Bonchev–Trinajstić information content (AvgIpc) is 3.05. The van der Waals surface area contributed by atoms with Crippen LogP contribution in [0.3, 0.4) is 0 Å². The Bertz CT molecular complexity index is 270. The molecule has 3 nitrogen and oxygen atoms in total. The summed E-state index contributed by atoms with van der Waals surface area (Å²) in [5.41, 5.74) is 0.477. The van der Waals surface area contributed by atoms with Crippen LogP contribution in [0, 0.1) is 0 Å². The van der Waals surface area contributed by atoms with E-state index >= 15 is 0 Å². The molecular formula is C16H28O3. The molecule has 19 heavy (non-hydrogen) atoms. The van der Waals surface area contributed by atoms with Gasteiger partial charge in [0.2, 0.25) is 0 Å². The van der Waals surface area contributed by atoms with E-state index < -0.39 is 5.97 Å². The highest BCUT2D eigenvalue weighted by molar-refractivity contribution is 5.86. The molecule has 0 aromatic rings. The lowest BCUT2D eigenvalue weighted by atomic mass is 10.2. The average molecular weight is 268 g/mol. The summed E-state index contributed by atoms with van der Waals surface area (Å²) in [5.74, 6) is -0.810. The molecule has 0 amide bonds. The van der Waals surface area contributed by atoms with Gasteiger partial charge in [0.15, 0.2) is 0 Å². The van der Waals surface area contributed by atoms with Gasteiger partial charge in [-0.05, 0) is 39.0 Å². The quantitative estimate of drug-likeness (QED) is 0.772. The monoisotopic (exact) mass is 268 g/mol. The predicted octanol–water partition coefficient (Wildman–Crippen LogP) is 4.32. The van der Waals surface area contributed by atoms with E-state index in [2.05, 4.69) is 0 Å². The first-order valence-electron chi connectivity index (χ1n) is 7.71. The van der Waals surface area contributed by atoms with Crippen LogP contribution in [-0.2, 0) is 9.53 Å². The molecule has 0 heterocycles. The van der Waals surface area contributed by atoms with Crippen LogP contribution in [0.4, 0.5) is 0 Å². The summed E-state index contributed by atoms with van der Waals surface area (Å²) in [6, 6.07) is 0.